The Hall–Kier alpha value is -3.82. The van der Waals surface area contributed by atoms with E-state index in [4.69, 9.17) is 10.5 Å². The molecule has 5 rings (SSSR count). The molecule has 3 aromatic rings. The minimum Gasteiger partial charge on any atom is -0.495 e. The SMILES string of the molecule is COc1ccc(C(=O)Cc2ccc(F)c([C@@]3(C)N=C(N)N(C)S(=O)(=O)[C@]34CCN(S(=O)(=O)c3ccn(C)c3)C4)c2)nc1. The number of sulfonamides is 2. The monoisotopic (exact) mass is 618 g/mol. The lowest BCUT2D eigenvalue weighted by molar-refractivity contribution is 0.0988. The van der Waals surface area contributed by atoms with Crippen LogP contribution in [-0.2, 0) is 39.1 Å². The number of hydrogen-bond acceptors (Lipinski definition) is 9. The highest BCUT2D eigenvalue weighted by molar-refractivity contribution is 7.91. The van der Waals surface area contributed by atoms with Crippen LogP contribution in [0.2, 0.25) is 0 Å². The van der Waals surface area contributed by atoms with Gasteiger partial charge in [-0.15, -0.1) is 0 Å². The minimum atomic E-state index is -4.37. The van der Waals surface area contributed by atoms with Crippen molar-refractivity contribution < 1.29 is 30.8 Å². The van der Waals surface area contributed by atoms with Crippen molar-refractivity contribution in [3.63, 3.8) is 0 Å². The molecular formula is C27H31FN6O6S2. The number of methoxy groups -OCH3 is 1. The van der Waals surface area contributed by atoms with Crippen LogP contribution in [0.15, 0.2) is 64.9 Å². The molecule has 2 aliphatic rings. The fourth-order valence-corrected chi connectivity index (χ4v) is 9.45. The topological polar surface area (TPSA) is 157 Å². The van der Waals surface area contributed by atoms with E-state index in [0.29, 0.717) is 11.3 Å². The Balaban J connectivity index is 1.58. The Kier molecular flexibility index (Phi) is 7.18. The zero-order chi connectivity index (χ0) is 30.7. The number of ether oxygens (including phenoxy) is 1. The second-order valence-corrected chi connectivity index (χ2v) is 14.8. The number of aromatic nitrogens is 2. The van der Waals surface area contributed by atoms with Gasteiger partial charge < -0.3 is 15.0 Å². The third kappa shape index (κ3) is 4.46. The van der Waals surface area contributed by atoms with Gasteiger partial charge in [-0.3, -0.25) is 4.79 Å². The molecular weight excluding hydrogens is 587 g/mol. The van der Waals surface area contributed by atoms with E-state index in [-0.39, 0.29) is 47.3 Å². The second kappa shape index (κ2) is 10.2. The number of halogens is 1. The molecule has 1 saturated heterocycles. The summed E-state index contributed by atoms with van der Waals surface area (Å²) in [5.74, 6) is -1.00. The molecule has 2 atom stereocenters. The van der Waals surface area contributed by atoms with Crippen molar-refractivity contribution in [1.29, 1.82) is 0 Å². The van der Waals surface area contributed by atoms with E-state index < -0.39 is 42.7 Å². The first-order valence-electron chi connectivity index (χ1n) is 12.9. The number of guanidine groups is 1. The van der Waals surface area contributed by atoms with Gasteiger partial charge >= 0.3 is 0 Å². The molecule has 1 fully saturated rings. The molecule has 0 amide bonds. The Morgan fingerprint density at radius 1 is 1.19 bits per heavy atom. The fourth-order valence-electron chi connectivity index (χ4n) is 5.68. The molecule has 1 aromatic carbocycles. The molecule has 15 heteroatoms. The summed E-state index contributed by atoms with van der Waals surface area (Å²) in [5.41, 5.74) is 4.67. The summed E-state index contributed by atoms with van der Waals surface area (Å²) in [6, 6.07) is 8.49. The fraction of sp³-hybridized carbons (Fsp3) is 0.370. The van der Waals surface area contributed by atoms with Crippen molar-refractivity contribution in [2.24, 2.45) is 17.8 Å². The number of hydrogen-bond donors (Lipinski definition) is 1. The number of nitrogens with two attached hydrogens (primary N) is 1. The van der Waals surface area contributed by atoms with Crippen molar-refractivity contribution in [1.82, 2.24) is 18.2 Å². The highest BCUT2D eigenvalue weighted by atomic mass is 32.2. The standard InChI is InChI=1S/C27H31FN6O6S2/c1-26(21-13-18(5-7-22(21)28)14-24(35)23-8-6-19(40-4)15-30-23)27(42(38,39)33(3)25(29)31-26)10-12-34(17-27)41(36,37)20-9-11-32(2)16-20/h5-9,11,13,15-16H,10,12,14,17H2,1-4H3,(H2,29,31)/t26-,27+/m1/s1. The van der Waals surface area contributed by atoms with Gasteiger partial charge in [0.2, 0.25) is 26.0 Å². The van der Waals surface area contributed by atoms with Crippen LogP contribution in [0.1, 0.15) is 35.0 Å². The predicted molar refractivity (Wildman–Crippen MR) is 152 cm³/mol. The van der Waals surface area contributed by atoms with Gasteiger partial charge in [0.1, 0.15) is 27.5 Å². The van der Waals surface area contributed by atoms with Gasteiger partial charge in [-0.05, 0) is 49.2 Å². The molecule has 0 bridgehead atoms. The molecule has 0 saturated carbocycles. The first kappa shape index (κ1) is 29.7. The molecule has 2 aromatic heterocycles. The number of rotatable bonds is 7. The van der Waals surface area contributed by atoms with Crippen molar-refractivity contribution in [3.8, 4) is 5.75 Å². The van der Waals surface area contributed by atoms with E-state index in [2.05, 4.69) is 9.98 Å². The van der Waals surface area contributed by atoms with Crippen LogP contribution in [0.25, 0.3) is 0 Å². The zero-order valence-corrected chi connectivity index (χ0v) is 25.1. The number of carbonyl (C=O) groups is 1. The zero-order valence-electron chi connectivity index (χ0n) is 23.5. The van der Waals surface area contributed by atoms with Crippen molar-refractivity contribution >= 4 is 31.8 Å². The smallest absolute Gasteiger partial charge is 0.247 e. The van der Waals surface area contributed by atoms with Gasteiger partial charge in [-0.25, -0.2) is 35.5 Å². The van der Waals surface area contributed by atoms with Crippen LogP contribution in [0.4, 0.5) is 4.39 Å². The summed E-state index contributed by atoms with van der Waals surface area (Å²) in [6.45, 7) is 0.818. The number of aliphatic imine (C=N–C) groups is 1. The normalized spacial score (nSPS) is 24.1. The molecule has 4 heterocycles. The third-order valence-electron chi connectivity index (χ3n) is 8.22. The highest BCUT2D eigenvalue weighted by Crippen LogP contribution is 2.52. The van der Waals surface area contributed by atoms with E-state index in [1.807, 2.05) is 0 Å². The number of Topliss-reactive ketones (excluding diaryl/α,β-unsaturated/α-hetero) is 1. The van der Waals surface area contributed by atoms with E-state index >= 15 is 4.39 Å². The summed E-state index contributed by atoms with van der Waals surface area (Å²) < 4.78 is 77.6. The van der Waals surface area contributed by atoms with Crippen molar-refractivity contribution in [3.05, 3.63) is 77.6 Å². The highest BCUT2D eigenvalue weighted by Gasteiger charge is 2.67. The maximum Gasteiger partial charge on any atom is 0.247 e. The van der Waals surface area contributed by atoms with Gasteiger partial charge in [0.25, 0.3) is 0 Å². The molecule has 2 N–H and O–H groups in total. The van der Waals surface area contributed by atoms with Gasteiger partial charge in [0.15, 0.2) is 5.78 Å². The van der Waals surface area contributed by atoms with Crippen molar-refractivity contribution in [2.45, 2.75) is 34.9 Å². The number of ketones is 1. The number of aryl methyl sites for hydroxylation is 1. The average Bonchev–Trinajstić information content (AvgIpc) is 3.62. The van der Waals surface area contributed by atoms with Crippen molar-refractivity contribution in [2.75, 3.05) is 27.2 Å². The molecule has 224 valence electrons. The van der Waals surface area contributed by atoms with E-state index in [0.717, 1.165) is 14.7 Å². The third-order valence-corrected chi connectivity index (χ3v) is 12.7. The van der Waals surface area contributed by atoms with Gasteiger partial charge in [-0.1, -0.05) is 6.07 Å². The molecule has 0 aliphatic carbocycles. The number of pyridine rings is 1. The maximum absolute atomic E-state index is 15.7. The van der Waals surface area contributed by atoms with Gasteiger partial charge in [0.05, 0.1) is 18.2 Å². The van der Waals surface area contributed by atoms with Gasteiger partial charge in [0, 0.05) is 51.6 Å². The Bertz CT molecular complexity index is 1810. The van der Waals surface area contributed by atoms with E-state index in [1.54, 1.807) is 23.9 Å². The lowest BCUT2D eigenvalue weighted by Gasteiger charge is -2.48. The summed E-state index contributed by atoms with van der Waals surface area (Å²) in [7, 11) is -4.07. The quantitative estimate of drug-likeness (QED) is 0.392. The van der Waals surface area contributed by atoms with Crippen LogP contribution in [0.3, 0.4) is 0 Å². The molecule has 1 spiro atoms. The molecule has 42 heavy (non-hydrogen) atoms. The number of carbonyl (C=O) groups excluding carboxylic acids is 1. The number of benzene rings is 1. The van der Waals surface area contributed by atoms with Crippen LogP contribution in [0, 0.1) is 5.82 Å². The summed E-state index contributed by atoms with van der Waals surface area (Å²) in [5, 5.41) is 0. The van der Waals surface area contributed by atoms with E-state index in [1.165, 1.54) is 57.7 Å². The molecule has 12 nitrogen and oxygen atoms in total. The largest absolute Gasteiger partial charge is 0.495 e. The lowest BCUT2D eigenvalue weighted by Crippen LogP contribution is -2.66. The van der Waals surface area contributed by atoms with Crippen LogP contribution in [-0.4, -0.2) is 78.7 Å². The van der Waals surface area contributed by atoms with Crippen LogP contribution >= 0.6 is 0 Å². The number of nitrogens with zero attached hydrogens (tertiary/aromatic N) is 5. The minimum absolute atomic E-state index is 0.00663. The molecule has 0 unspecified atom stereocenters. The Morgan fingerprint density at radius 2 is 1.93 bits per heavy atom. The molecule has 2 aliphatic heterocycles. The molecule has 0 radical (unpaired) electrons. The van der Waals surface area contributed by atoms with Crippen LogP contribution in [0.5, 0.6) is 5.75 Å². The Morgan fingerprint density at radius 3 is 2.55 bits per heavy atom. The maximum atomic E-state index is 15.7. The summed E-state index contributed by atoms with van der Waals surface area (Å²) in [4.78, 5) is 21.6. The first-order valence-corrected chi connectivity index (χ1v) is 15.8. The average molecular weight is 619 g/mol. The summed E-state index contributed by atoms with van der Waals surface area (Å²) in [6.07, 6.45) is 4.08. The van der Waals surface area contributed by atoms with Crippen LogP contribution < -0.4 is 10.5 Å². The van der Waals surface area contributed by atoms with Gasteiger partial charge in [-0.2, -0.15) is 4.31 Å². The second-order valence-electron chi connectivity index (χ2n) is 10.6. The summed E-state index contributed by atoms with van der Waals surface area (Å²) >= 11 is 0. The first-order chi connectivity index (χ1) is 19.7. The predicted octanol–water partition coefficient (Wildman–Crippen LogP) is 1.63. The Labute approximate surface area is 243 Å². The van der Waals surface area contributed by atoms with E-state index in [9.17, 15) is 21.6 Å². The lowest BCUT2D eigenvalue weighted by atomic mass is 9.77.